The van der Waals surface area contributed by atoms with Crippen LogP contribution < -0.4 is 16.6 Å². The number of nitrogen functional groups attached to an aromatic ring is 1. The molecule has 1 aromatic carbocycles. The molecule has 0 saturated carbocycles. The summed E-state index contributed by atoms with van der Waals surface area (Å²) in [6.07, 6.45) is 0. The number of hydrogen-bond acceptors (Lipinski definition) is 7. The summed E-state index contributed by atoms with van der Waals surface area (Å²) in [5.41, 5.74) is 2.88. The van der Waals surface area contributed by atoms with Crippen LogP contribution in [0, 0.1) is 17.0 Å². The highest BCUT2D eigenvalue weighted by molar-refractivity contribution is 9.11. The van der Waals surface area contributed by atoms with Crippen LogP contribution in [0.15, 0.2) is 27.1 Å². The molecule has 10 heteroatoms. The van der Waals surface area contributed by atoms with Crippen LogP contribution in [0.4, 0.5) is 23.1 Å². The van der Waals surface area contributed by atoms with Crippen molar-refractivity contribution < 1.29 is 4.92 Å². The molecule has 0 radical (unpaired) electrons. The normalized spacial score (nSPS) is 10.3. The largest absolute Gasteiger partial charge is 0.332 e. The number of benzene rings is 1. The number of aryl methyl sites for hydroxylation is 1. The summed E-state index contributed by atoms with van der Waals surface area (Å²) in [4.78, 5) is 18.6. The van der Waals surface area contributed by atoms with Crippen LogP contribution in [0.3, 0.4) is 0 Å². The lowest BCUT2D eigenvalue weighted by atomic mass is 10.3. The number of nitrogens with one attached hydrogen (secondary N) is 2. The van der Waals surface area contributed by atoms with E-state index in [-0.39, 0.29) is 23.1 Å². The van der Waals surface area contributed by atoms with Crippen LogP contribution in [0.25, 0.3) is 0 Å². The van der Waals surface area contributed by atoms with E-state index in [9.17, 15) is 10.1 Å². The molecule has 1 heterocycles. The molecule has 4 N–H and O–H groups in total. The van der Waals surface area contributed by atoms with Crippen molar-refractivity contribution in [2.75, 3.05) is 10.7 Å². The van der Waals surface area contributed by atoms with E-state index in [4.69, 9.17) is 5.84 Å². The highest BCUT2D eigenvalue weighted by Crippen LogP contribution is 2.36. The number of hydrazine groups is 1. The summed E-state index contributed by atoms with van der Waals surface area (Å²) >= 11 is 6.75. The number of para-hydroxylation sites is 1. The molecule has 8 nitrogen and oxygen atoms in total. The first-order chi connectivity index (χ1) is 9.93. The van der Waals surface area contributed by atoms with Gasteiger partial charge in [0.1, 0.15) is 5.69 Å². The van der Waals surface area contributed by atoms with Crippen LogP contribution in [0.2, 0.25) is 0 Å². The van der Waals surface area contributed by atoms with E-state index >= 15 is 0 Å². The lowest BCUT2D eigenvalue weighted by Gasteiger charge is -2.12. The zero-order chi connectivity index (χ0) is 15.6. The molecule has 0 aliphatic carbocycles. The fraction of sp³-hybridized carbons (Fsp3) is 0.0909. The Morgan fingerprint density at radius 2 is 1.90 bits per heavy atom. The molecule has 0 atom stereocenters. The number of nitro groups is 1. The molecule has 0 fully saturated rings. The first-order valence-corrected chi connectivity index (χ1v) is 7.23. The maximum absolute atomic E-state index is 11.2. The van der Waals surface area contributed by atoms with Gasteiger partial charge < -0.3 is 5.32 Å². The monoisotopic (exact) mass is 416 g/mol. The molecule has 0 aliphatic heterocycles. The first kappa shape index (κ1) is 15.6. The quantitative estimate of drug-likeness (QED) is 0.396. The molecular weight excluding hydrogens is 408 g/mol. The maximum atomic E-state index is 11.2. The number of halogens is 2. The Morgan fingerprint density at radius 3 is 2.43 bits per heavy atom. The van der Waals surface area contributed by atoms with Gasteiger partial charge in [-0.3, -0.25) is 15.5 Å². The van der Waals surface area contributed by atoms with Gasteiger partial charge in [0.15, 0.2) is 0 Å². The minimum absolute atomic E-state index is 0.0491. The van der Waals surface area contributed by atoms with Gasteiger partial charge in [-0.15, -0.1) is 0 Å². The molecule has 1 aromatic heterocycles. The van der Waals surface area contributed by atoms with Crippen molar-refractivity contribution in [3.05, 3.63) is 43.0 Å². The average Bonchev–Trinajstić information content (AvgIpc) is 2.42. The second kappa shape index (κ2) is 6.33. The van der Waals surface area contributed by atoms with Crippen LogP contribution in [0.5, 0.6) is 0 Å². The van der Waals surface area contributed by atoms with Gasteiger partial charge in [0.05, 0.1) is 10.6 Å². The molecule has 0 saturated heterocycles. The molecule has 110 valence electrons. The fourth-order valence-electron chi connectivity index (χ4n) is 1.67. The minimum atomic E-state index is -0.539. The lowest BCUT2D eigenvalue weighted by molar-refractivity contribution is -0.385. The Balaban J connectivity index is 2.57. The Bertz CT molecular complexity index is 689. The van der Waals surface area contributed by atoms with Gasteiger partial charge in [-0.25, -0.2) is 10.8 Å². The molecule has 0 unspecified atom stereocenters. The second-order valence-corrected chi connectivity index (χ2v) is 5.66. The van der Waals surface area contributed by atoms with Crippen LogP contribution in [0.1, 0.15) is 5.69 Å². The number of hydrogen-bond donors (Lipinski definition) is 3. The van der Waals surface area contributed by atoms with E-state index in [0.717, 1.165) is 8.95 Å². The van der Waals surface area contributed by atoms with Crippen molar-refractivity contribution in [2.45, 2.75) is 6.92 Å². The van der Waals surface area contributed by atoms with E-state index < -0.39 is 4.92 Å². The zero-order valence-corrected chi connectivity index (χ0v) is 13.9. The summed E-state index contributed by atoms with van der Waals surface area (Å²) in [6.45, 7) is 1.51. The van der Waals surface area contributed by atoms with E-state index in [0.29, 0.717) is 5.69 Å². The summed E-state index contributed by atoms with van der Waals surface area (Å²) in [6, 6.07) is 5.43. The summed E-state index contributed by atoms with van der Waals surface area (Å²) < 4.78 is 1.45. The zero-order valence-electron chi connectivity index (χ0n) is 10.7. The van der Waals surface area contributed by atoms with Crippen molar-refractivity contribution in [1.82, 2.24) is 9.97 Å². The topological polar surface area (TPSA) is 119 Å². The highest BCUT2D eigenvalue weighted by Gasteiger charge is 2.23. The molecule has 0 amide bonds. The van der Waals surface area contributed by atoms with Crippen molar-refractivity contribution in [1.29, 1.82) is 0 Å². The molecule has 2 aromatic rings. The molecule has 0 spiro atoms. The van der Waals surface area contributed by atoms with Gasteiger partial charge in [-0.2, -0.15) is 4.98 Å². The number of nitrogens with two attached hydrogens (primary N) is 1. The maximum Gasteiger partial charge on any atom is 0.332 e. The third-order valence-electron chi connectivity index (χ3n) is 2.58. The number of anilines is 3. The van der Waals surface area contributed by atoms with Gasteiger partial charge in [0.2, 0.25) is 11.8 Å². The lowest BCUT2D eigenvalue weighted by Crippen LogP contribution is -2.13. The fourth-order valence-corrected chi connectivity index (χ4v) is 2.87. The van der Waals surface area contributed by atoms with Crippen molar-refractivity contribution in [3.8, 4) is 0 Å². The molecule has 0 bridgehead atoms. The van der Waals surface area contributed by atoms with Gasteiger partial charge in [-0.05, 0) is 50.9 Å². The Kier molecular flexibility index (Phi) is 4.70. The van der Waals surface area contributed by atoms with Crippen molar-refractivity contribution in [3.63, 3.8) is 0 Å². The van der Waals surface area contributed by atoms with Crippen molar-refractivity contribution >= 4 is 55.0 Å². The molecular formula is C11H10Br2N6O2. The second-order valence-electron chi connectivity index (χ2n) is 3.95. The highest BCUT2D eigenvalue weighted by atomic mass is 79.9. The minimum Gasteiger partial charge on any atom is -0.332 e. The number of aromatic nitrogens is 2. The predicted octanol–water partition coefficient (Wildman–Crippen LogP) is 3.25. The molecule has 2 rings (SSSR count). The van der Waals surface area contributed by atoms with Crippen LogP contribution >= 0.6 is 31.9 Å². The van der Waals surface area contributed by atoms with E-state index in [1.807, 2.05) is 6.07 Å². The van der Waals surface area contributed by atoms with Crippen LogP contribution in [-0.4, -0.2) is 14.9 Å². The third kappa shape index (κ3) is 3.28. The summed E-state index contributed by atoms with van der Waals surface area (Å²) in [7, 11) is 0. The van der Waals surface area contributed by atoms with E-state index in [1.54, 1.807) is 12.1 Å². The molecule has 21 heavy (non-hydrogen) atoms. The van der Waals surface area contributed by atoms with Gasteiger partial charge in [0.25, 0.3) is 0 Å². The predicted molar refractivity (Wildman–Crippen MR) is 86.4 cm³/mol. The third-order valence-corrected chi connectivity index (χ3v) is 3.90. The van der Waals surface area contributed by atoms with Gasteiger partial charge in [-0.1, -0.05) is 6.07 Å². The standard InChI is InChI=1S/C11H10Br2N6O2/c1-5-9(19(20)21)10(17-11(15-5)18-14)16-8-6(12)3-2-4-7(8)13/h2-4H,14H2,1H3,(H2,15,16,17,18). The first-order valence-electron chi connectivity index (χ1n) is 5.64. The smallest absolute Gasteiger partial charge is 0.332 e. The van der Waals surface area contributed by atoms with Gasteiger partial charge in [0, 0.05) is 8.95 Å². The Hall–Kier alpha value is -1.78. The van der Waals surface area contributed by atoms with Crippen LogP contribution in [-0.2, 0) is 0 Å². The van der Waals surface area contributed by atoms with Crippen molar-refractivity contribution in [2.24, 2.45) is 5.84 Å². The Morgan fingerprint density at radius 1 is 1.29 bits per heavy atom. The summed E-state index contributed by atoms with van der Waals surface area (Å²) in [5.74, 6) is 5.41. The SMILES string of the molecule is Cc1nc(NN)nc(Nc2c(Br)cccc2Br)c1[N+](=O)[O-]. The van der Waals surface area contributed by atoms with E-state index in [2.05, 4.69) is 52.6 Å². The van der Waals surface area contributed by atoms with Gasteiger partial charge >= 0.3 is 5.69 Å². The number of rotatable bonds is 4. The van der Waals surface area contributed by atoms with E-state index in [1.165, 1.54) is 6.92 Å². The number of nitrogens with zero attached hydrogens (tertiary/aromatic N) is 3. The Labute approximate surface area is 136 Å². The molecule has 0 aliphatic rings. The summed E-state index contributed by atoms with van der Waals surface area (Å²) in [5, 5.41) is 14.1. The average molecular weight is 418 g/mol.